The Morgan fingerprint density at radius 3 is 2.23 bits per heavy atom. The first-order chi connectivity index (χ1) is 18.8. The maximum atomic E-state index is 12.7. The number of benzene rings is 3. The van der Waals surface area contributed by atoms with Gasteiger partial charge < -0.3 is 29.2 Å². The fourth-order valence-corrected chi connectivity index (χ4v) is 4.18. The van der Waals surface area contributed by atoms with Crippen LogP contribution in [-0.4, -0.2) is 40.4 Å². The summed E-state index contributed by atoms with van der Waals surface area (Å²) in [6, 6.07) is 15.1. The number of ketones is 1. The summed E-state index contributed by atoms with van der Waals surface area (Å²) in [4.78, 5) is 24.2. The zero-order valence-electron chi connectivity index (χ0n) is 21.5. The van der Waals surface area contributed by atoms with E-state index in [9.17, 15) is 27.9 Å². The van der Waals surface area contributed by atoms with Crippen molar-refractivity contribution in [1.29, 1.82) is 0 Å². The van der Waals surface area contributed by atoms with Crippen molar-refractivity contribution in [2.45, 2.75) is 33.2 Å². The number of hydrogen-bond acceptors (Lipinski definition) is 6. The molecular weight excluding hydrogens is 553 g/mol. The van der Waals surface area contributed by atoms with E-state index in [4.69, 9.17) is 21.1 Å². The van der Waals surface area contributed by atoms with Gasteiger partial charge in [-0.2, -0.15) is 0 Å². The molecule has 0 spiro atoms. The zero-order chi connectivity index (χ0) is 29.2. The van der Waals surface area contributed by atoms with Crippen molar-refractivity contribution in [3.8, 4) is 28.7 Å². The number of carbonyl (C=O) groups excluding carboxylic acids is 1. The number of nitrogens with one attached hydrogen (secondary N) is 1. The Hall–Kier alpha value is -4.38. The van der Waals surface area contributed by atoms with Gasteiger partial charge in [0.15, 0.2) is 11.4 Å². The summed E-state index contributed by atoms with van der Waals surface area (Å²) in [7, 11) is 0. The minimum absolute atomic E-state index is 0.000114. The van der Waals surface area contributed by atoms with E-state index in [2.05, 4.69) is 10.1 Å². The molecule has 8 nitrogen and oxygen atoms in total. The van der Waals surface area contributed by atoms with E-state index >= 15 is 0 Å². The second-order valence-corrected chi connectivity index (χ2v) is 9.41. The predicted molar refractivity (Wildman–Crippen MR) is 143 cm³/mol. The van der Waals surface area contributed by atoms with Crippen LogP contribution in [0.5, 0.6) is 23.0 Å². The van der Waals surface area contributed by atoms with Crippen LogP contribution in [0.25, 0.3) is 16.6 Å². The van der Waals surface area contributed by atoms with Crippen LogP contribution in [0, 0.1) is 0 Å². The van der Waals surface area contributed by atoms with Gasteiger partial charge in [-0.05, 0) is 75.4 Å². The van der Waals surface area contributed by atoms with Crippen LogP contribution in [0.15, 0.2) is 60.7 Å². The molecule has 0 saturated carbocycles. The fraction of sp³-hybridized carbons (Fsp3) is 0.214. The van der Waals surface area contributed by atoms with Crippen molar-refractivity contribution in [2.75, 3.05) is 11.9 Å². The van der Waals surface area contributed by atoms with Crippen molar-refractivity contribution in [3.63, 3.8) is 0 Å². The maximum Gasteiger partial charge on any atom is 0.573 e. The summed E-state index contributed by atoms with van der Waals surface area (Å²) in [6.07, 6.45) is -5.00. The number of ether oxygens (including phenoxy) is 3. The number of carboxylic acids is 1. The molecule has 12 heteroatoms. The highest BCUT2D eigenvalue weighted by molar-refractivity contribution is 6.32. The lowest BCUT2D eigenvalue weighted by Gasteiger charge is -2.13. The van der Waals surface area contributed by atoms with Gasteiger partial charge >= 0.3 is 12.3 Å². The Bertz CT molecular complexity index is 1570. The molecule has 210 valence electrons. The van der Waals surface area contributed by atoms with Gasteiger partial charge in [0.25, 0.3) is 0 Å². The highest BCUT2D eigenvalue weighted by atomic mass is 35.5. The number of Topliss-reactive ketones (excluding diaryl/α,β-unsaturated/α-hetero) is 1. The molecule has 0 amide bonds. The van der Waals surface area contributed by atoms with Crippen molar-refractivity contribution < 1.29 is 42.1 Å². The maximum absolute atomic E-state index is 12.7. The molecule has 40 heavy (non-hydrogen) atoms. The molecule has 0 bridgehead atoms. The minimum Gasteiger partial charge on any atom is -0.491 e. The molecule has 0 unspecified atom stereocenters. The van der Waals surface area contributed by atoms with Gasteiger partial charge in [-0.1, -0.05) is 11.6 Å². The molecule has 4 aromatic rings. The Kier molecular flexibility index (Phi) is 8.15. The zero-order valence-corrected chi connectivity index (χ0v) is 22.3. The molecule has 0 saturated heterocycles. The number of aromatic nitrogens is 1. The minimum atomic E-state index is -4.95. The lowest BCUT2D eigenvalue weighted by molar-refractivity contribution is -0.274. The van der Waals surface area contributed by atoms with Crippen LogP contribution in [0.2, 0.25) is 5.02 Å². The fourth-order valence-electron chi connectivity index (χ4n) is 4.03. The molecule has 4 rings (SSSR count). The number of nitrogens with zero attached hydrogens (tertiary/aromatic N) is 1. The topological polar surface area (TPSA) is 99.0 Å². The van der Waals surface area contributed by atoms with Gasteiger partial charge in [0.1, 0.15) is 23.0 Å². The van der Waals surface area contributed by atoms with Crippen LogP contribution >= 0.6 is 11.6 Å². The number of hydrogen-bond donors (Lipinski definition) is 2. The van der Waals surface area contributed by atoms with Gasteiger partial charge in [0, 0.05) is 17.1 Å². The van der Waals surface area contributed by atoms with Crippen molar-refractivity contribution in [3.05, 3.63) is 71.4 Å². The van der Waals surface area contributed by atoms with Crippen LogP contribution in [-0.2, 0) is 4.79 Å². The monoisotopic (exact) mass is 576 g/mol. The molecule has 0 fully saturated rings. The molecule has 1 heterocycles. The predicted octanol–water partition coefficient (Wildman–Crippen LogP) is 7.46. The Morgan fingerprint density at radius 1 is 1.00 bits per heavy atom. The first-order valence-electron chi connectivity index (χ1n) is 12.0. The molecule has 0 aliphatic carbocycles. The SMILES string of the molecule is CC(=O)CNc1c(C(=O)O)n(-c2ccc(OC(C)C)cc2)c2ccc(Oc3ccc(Cl)c(OC(F)(F)F)c3)cc12. The third-order valence-electron chi connectivity index (χ3n) is 5.49. The largest absolute Gasteiger partial charge is 0.573 e. The quantitative estimate of drug-likeness (QED) is 0.202. The molecule has 0 aliphatic heterocycles. The Balaban J connectivity index is 1.82. The van der Waals surface area contributed by atoms with E-state index in [1.54, 1.807) is 30.3 Å². The summed E-state index contributed by atoms with van der Waals surface area (Å²) in [6.45, 7) is 4.99. The standard InChI is InChI=1S/C28H24ClF3N2O6/c1-15(2)38-18-6-4-17(5-7-18)34-23-11-9-19(12-21(23)25(26(34)27(36)37)33-14-16(3)35)39-20-8-10-22(29)24(13-20)40-28(30,31)32/h4-13,15,33H,14H2,1-3H3,(H,36,37). The van der Waals surface area contributed by atoms with Crippen LogP contribution in [0.1, 0.15) is 31.3 Å². The molecule has 0 atom stereocenters. The Morgan fingerprint density at radius 2 is 1.62 bits per heavy atom. The molecule has 1 aromatic heterocycles. The number of fused-ring (bicyclic) bond motifs is 1. The second-order valence-electron chi connectivity index (χ2n) is 9.00. The highest BCUT2D eigenvalue weighted by Gasteiger charge is 2.32. The van der Waals surface area contributed by atoms with Gasteiger partial charge in [0.05, 0.1) is 28.9 Å². The normalized spacial score (nSPS) is 11.5. The number of carboxylic acid groups (broad SMARTS) is 1. The Labute approximate surface area is 231 Å². The van der Waals surface area contributed by atoms with E-state index in [0.29, 0.717) is 22.3 Å². The average Bonchev–Trinajstić information content (AvgIpc) is 3.18. The van der Waals surface area contributed by atoms with Gasteiger partial charge in [-0.15, -0.1) is 13.2 Å². The number of aromatic carboxylic acids is 1. The summed E-state index contributed by atoms with van der Waals surface area (Å²) in [5.41, 5.74) is 1.04. The van der Waals surface area contributed by atoms with E-state index in [-0.39, 0.29) is 46.3 Å². The highest BCUT2D eigenvalue weighted by Crippen LogP contribution is 2.39. The number of halogens is 4. The van der Waals surface area contributed by atoms with Crippen molar-refractivity contribution in [1.82, 2.24) is 4.57 Å². The van der Waals surface area contributed by atoms with Crippen LogP contribution in [0.4, 0.5) is 18.9 Å². The number of anilines is 1. The summed E-state index contributed by atoms with van der Waals surface area (Å²) >= 11 is 5.82. The second kappa shape index (κ2) is 11.4. The third-order valence-corrected chi connectivity index (χ3v) is 5.80. The van der Waals surface area contributed by atoms with Gasteiger partial charge in [-0.25, -0.2) is 4.79 Å². The number of rotatable bonds is 10. The lowest BCUT2D eigenvalue weighted by atomic mass is 10.2. The first-order valence-corrected chi connectivity index (χ1v) is 12.4. The summed E-state index contributed by atoms with van der Waals surface area (Å²) in [5.74, 6) is -1.32. The lowest BCUT2D eigenvalue weighted by Crippen LogP contribution is -2.17. The van der Waals surface area contributed by atoms with Crippen LogP contribution in [0.3, 0.4) is 0 Å². The van der Waals surface area contributed by atoms with Gasteiger partial charge in [-0.3, -0.25) is 4.79 Å². The van der Waals surface area contributed by atoms with Crippen LogP contribution < -0.4 is 19.5 Å². The molecule has 0 radical (unpaired) electrons. The van der Waals surface area contributed by atoms with Crippen molar-refractivity contribution in [2.24, 2.45) is 0 Å². The first kappa shape index (κ1) is 28.6. The number of alkyl halides is 3. The average molecular weight is 577 g/mol. The summed E-state index contributed by atoms with van der Waals surface area (Å²) in [5, 5.41) is 13.2. The molecule has 3 aromatic carbocycles. The van der Waals surface area contributed by atoms with E-state index < -0.39 is 18.1 Å². The summed E-state index contributed by atoms with van der Waals surface area (Å²) < 4.78 is 55.1. The van der Waals surface area contributed by atoms with E-state index in [1.165, 1.54) is 35.8 Å². The third kappa shape index (κ3) is 6.60. The molecule has 2 N–H and O–H groups in total. The van der Waals surface area contributed by atoms with Gasteiger partial charge in [0.2, 0.25) is 0 Å². The van der Waals surface area contributed by atoms with E-state index in [0.717, 1.165) is 6.07 Å². The van der Waals surface area contributed by atoms with Crippen molar-refractivity contribution >= 4 is 39.9 Å². The molecule has 0 aliphatic rings. The number of carbonyl (C=O) groups is 2. The smallest absolute Gasteiger partial charge is 0.491 e. The van der Waals surface area contributed by atoms with E-state index in [1.807, 2.05) is 13.8 Å². The molecular formula is C28H24ClF3N2O6.